The van der Waals surface area contributed by atoms with Crippen molar-refractivity contribution in [3.63, 3.8) is 0 Å². The molecule has 1 N–H and O–H groups in total. The number of aromatic nitrogens is 2. The molecule has 0 radical (unpaired) electrons. The van der Waals surface area contributed by atoms with Gasteiger partial charge in [-0.3, -0.25) is 14.8 Å². The molecule has 5 heteroatoms. The van der Waals surface area contributed by atoms with Gasteiger partial charge in [0, 0.05) is 13.3 Å². The average Bonchev–Trinajstić information content (AvgIpc) is 3.03. The molecule has 0 unspecified atom stereocenters. The fraction of sp³-hybridized carbons (Fsp3) is 0.0625. The van der Waals surface area contributed by atoms with Crippen molar-refractivity contribution < 1.29 is 6.22 Å². The Hall–Kier alpha value is -2.53. The molecule has 0 saturated heterocycles. The second-order valence-electron chi connectivity index (χ2n) is 4.14. The van der Waals surface area contributed by atoms with Gasteiger partial charge >= 0.3 is 0 Å². The predicted molar refractivity (Wildman–Crippen MR) is 87.9 cm³/mol. The average molecular weight is 299 g/mol. The third-order valence-corrected chi connectivity index (χ3v) is 3.44. The Balaban J connectivity index is 0.00000242. The van der Waals surface area contributed by atoms with Crippen molar-refractivity contribution in [1.82, 2.24) is 15.3 Å². The summed E-state index contributed by atoms with van der Waals surface area (Å²) in [5.41, 5.74) is 3.97. The summed E-state index contributed by atoms with van der Waals surface area (Å²) in [6.45, 7) is 5.76. The number of thiazole rings is 1. The first kappa shape index (κ1) is 14.9. The van der Waals surface area contributed by atoms with Crippen LogP contribution >= 0.6 is 11.3 Å². The molecular formula is C16H17N3OS. The fourth-order valence-electron chi connectivity index (χ4n) is 1.63. The van der Waals surface area contributed by atoms with Gasteiger partial charge in [0.15, 0.2) is 0 Å². The van der Waals surface area contributed by atoms with Crippen LogP contribution in [0.3, 0.4) is 0 Å². The number of hydrogen-bond acceptors (Lipinski definition) is 4. The normalized spacial score (nSPS) is 11.6. The first-order valence-electron chi connectivity index (χ1n) is 6.35. The van der Waals surface area contributed by atoms with Crippen LogP contribution in [0.2, 0.25) is 0 Å². The minimum atomic E-state index is -0.202. The molecule has 1 amide bonds. The Bertz CT molecular complexity index is 679. The number of pyridine rings is 1. The number of nitrogens with one attached hydrogen (secondary N) is 1. The van der Waals surface area contributed by atoms with Gasteiger partial charge in [-0.1, -0.05) is 24.8 Å². The van der Waals surface area contributed by atoms with Crippen molar-refractivity contribution >= 4 is 22.8 Å². The second-order valence-corrected chi connectivity index (χ2v) is 5.02. The summed E-state index contributed by atoms with van der Waals surface area (Å²) < 4.78 is 0. The van der Waals surface area contributed by atoms with E-state index in [0.717, 1.165) is 11.3 Å². The second kappa shape index (κ2) is 7.31. The zero-order valence-corrected chi connectivity index (χ0v) is 12.4. The lowest BCUT2D eigenvalue weighted by atomic mass is 10.1. The van der Waals surface area contributed by atoms with Gasteiger partial charge < -0.3 is 5.32 Å². The molecule has 0 aliphatic carbocycles. The summed E-state index contributed by atoms with van der Waals surface area (Å²) in [4.78, 5) is 20.6. The van der Waals surface area contributed by atoms with Crippen LogP contribution in [0.4, 0.5) is 0 Å². The highest BCUT2D eigenvalue weighted by molar-refractivity contribution is 7.11. The SMILES string of the molecule is C=C(/C=C\C(=C/C)c1ccccn1)NC(=O)c1cncs1.[HH]. The molecule has 0 aromatic carbocycles. The number of allylic oxidation sites excluding steroid dienone is 4. The van der Waals surface area contributed by atoms with E-state index in [1.165, 1.54) is 17.5 Å². The molecule has 21 heavy (non-hydrogen) atoms. The molecule has 0 bridgehead atoms. The number of amides is 1. The quantitative estimate of drug-likeness (QED) is 0.857. The zero-order valence-electron chi connectivity index (χ0n) is 11.6. The van der Waals surface area contributed by atoms with Gasteiger partial charge in [-0.15, -0.1) is 11.3 Å². The summed E-state index contributed by atoms with van der Waals surface area (Å²) in [5, 5.41) is 2.72. The minimum absolute atomic E-state index is 0. The molecule has 0 fully saturated rings. The molecular weight excluding hydrogens is 282 g/mol. The maximum absolute atomic E-state index is 11.8. The summed E-state index contributed by atoms with van der Waals surface area (Å²) in [5.74, 6) is -0.202. The van der Waals surface area contributed by atoms with Gasteiger partial charge in [0.05, 0.1) is 17.4 Å². The Labute approximate surface area is 129 Å². The highest BCUT2D eigenvalue weighted by Gasteiger charge is 2.06. The Morgan fingerprint density at radius 1 is 1.43 bits per heavy atom. The molecule has 2 rings (SSSR count). The van der Waals surface area contributed by atoms with Crippen molar-refractivity contribution in [2.45, 2.75) is 6.92 Å². The Morgan fingerprint density at radius 2 is 2.29 bits per heavy atom. The number of carbonyl (C=O) groups excluding carboxylic acids is 1. The van der Waals surface area contributed by atoms with Crippen LogP contribution in [-0.2, 0) is 0 Å². The maximum Gasteiger partial charge on any atom is 0.267 e. The monoisotopic (exact) mass is 299 g/mol. The van der Waals surface area contributed by atoms with E-state index < -0.39 is 0 Å². The minimum Gasteiger partial charge on any atom is -0.322 e. The lowest BCUT2D eigenvalue weighted by Crippen LogP contribution is -2.20. The molecule has 2 aromatic heterocycles. The van der Waals surface area contributed by atoms with E-state index >= 15 is 0 Å². The highest BCUT2D eigenvalue weighted by atomic mass is 32.1. The predicted octanol–water partition coefficient (Wildman–Crippen LogP) is 3.69. The first-order valence-corrected chi connectivity index (χ1v) is 7.23. The van der Waals surface area contributed by atoms with Gasteiger partial charge in [0.25, 0.3) is 5.91 Å². The summed E-state index contributed by atoms with van der Waals surface area (Å²) in [6, 6.07) is 5.73. The van der Waals surface area contributed by atoms with Crippen LogP contribution < -0.4 is 5.32 Å². The van der Waals surface area contributed by atoms with Crippen molar-refractivity contribution in [2.75, 3.05) is 0 Å². The number of carbonyl (C=O) groups is 1. The molecule has 0 atom stereocenters. The van der Waals surface area contributed by atoms with Crippen LogP contribution in [0, 0.1) is 0 Å². The Morgan fingerprint density at radius 3 is 2.90 bits per heavy atom. The van der Waals surface area contributed by atoms with Gasteiger partial charge in [-0.2, -0.15) is 0 Å². The number of nitrogens with zero attached hydrogens (tertiary/aromatic N) is 2. The third-order valence-electron chi connectivity index (χ3n) is 2.67. The third kappa shape index (κ3) is 4.22. The summed E-state index contributed by atoms with van der Waals surface area (Å²) >= 11 is 1.29. The number of rotatable bonds is 5. The van der Waals surface area contributed by atoms with Gasteiger partial charge in [0.1, 0.15) is 4.88 Å². The zero-order chi connectivity index (χ0) is 15.1. The van der Waals surface area contributed by atoms with Gasteiger partial charge in [0.2, 0.25) is 0 Å². The topological polar surface area (TPSA) is 54.9 Å². The highest BCUT2D eigenvalue weighted by Crippen LogP contribution is 2.13. The van der Waals surface area contributed by atoms with E-state index in [0.29, 0.717) is 10.6 Å². The van der Waals surface area contributed by atoms with E-state index in [1.54, 1.807) is 17.8 Å². The van der Waals surface area contributed by atoms with Crippen molar-refractivity contribution in [2.24, 2.45) is 0 Å². The fourth-order valence-corrected chi connectivity index (χ4v) is 2.15. The van der Waals surface area contributed by atoms with Crippen LogP contribution in [0.15, 0.2) is 66.6 Å². The Kier molecular flexibility index (Phi) is 5.17. The van der Waals surface area contributed by atoms with Crippen molar-refractivity contribution in [1.29, 1.82) is 0 Å². The van der Waals surface area contributed by atoms with Crippen LogP contribution in [-0.4, -0.2) is 15.9 Å². The van der Waals surface area contributed by atoms with Crippen LogP contribution in [0.25, 0.3) is 5.57 Å². The standard InChI is InChI=1S/C16H15N3OS.H2/c1-3-13(14-6-4-5-9-18-14)8-7-12(2)19-16(20)15-10-17-11-21-15;/h3-11H,2H2,1H3,(H,19,20);1H/b8-7-,13-3+;. The lowest BCUT2D eigenvalue weighted by Gasteiger charge is -2.03. The summed E-state index contributed by atoms with van der Waals surface area (Å²) in [6.07, 6.45) is 8.85. The molecule has 0 saturated carbocycles. The smallest absolute Gasteiger partial charge is 0.267 e. The van der Waals surface area contributed by atoms with E-state index in [2.05, 4.69) is 21.9 Å². The molecule has 0 aliphatic heterocycles. The molecule has 2 heterocycles. The van der Waals surface area contributed by atoms with Crippen LogP contribution in [0.1, 0.15) is 23.7 Å². The molecule has 2 aromatic rings. The van der Waals surface area contributed by atoms with E-state index in [9.17, 15) is 4.79 Å². The van der Waals surface area contributed by atoms with Crippen LogP contribution in [0.5, 0.6) is 0 Å². The first-order chi connectivity index (χ1) is 10.2. The van der Waals surface area contributed by atoms with Gasteiger partial charge in [-0.25, -0.2) is 0 Å². The lowest BCUT2D eigenvalue weighted by molar-refractivity contribution is 0.0971. The molecule has 108 valence electrons. The van der Waals surface area contributed by atoms with Crippen molar-refractivity contribution in [3.8, 4) is 0 Å². The number of hydrogen-bond donors (Lipinski definition) is 1. The van der Waals surface area contributed by atoms with E-state index in [4.69, 9.17) is 0 Å². The largest absolute Gasteiger partial charge is 0.322 e. The maximum atomic E-state index is 11.8. The molecule has 0 spiro atoms. The van der Waals surface area contributed by atoms with Gasteiger partial charge in [-0.05, 0) is 30.7 Å². The van der Waals surface area contributed by atoms with E-state index in [-0.39, 0.29) is 7.33 Å². The van der Waals surface area contributed by atoms with E-state index in [1.807, 2.05) is 37.3 Å². The van der Waals surface area contributed by atoms with Crippen molar-refractivity contribution in [3.05, 3.63) is 77.2 Å². The molecule has 4 nitrogen and oxygen atoms in total. The molecule has 0 aliphatic rings. The summed E-state index contributed by atoms with van der Waals surface area (Å²) in [7, 11) is 0.